The number of carbonyl (C=O) groups excluding carboxylic acids is 1. The first-order valence-electron chi connectivity index (χ1n) is 6.33. The predicted molar refractivity (Wildman–Crippen MR) is 83.0 cm³/mol. The van der Waals surface area contributed by atoms with Crippen LogP contribution in [0.4, 0.5) is 0 Å². The van der Waals surface area contributed by atoms with E-state index in [1.54, 1.807) is 0 Å². The van der Waals surface area contributed by atoms with Crippen LogP contribution in [0.15, 0.2) is 24.3 Å². The summed E-state index contributed by atoms with van der Waals surface area (Å²) in [7, 11) is 0. The number of hydrogen-bond donors (Lipinski definition) is 2. The van der Waals surface area contributed by atoms with Gasteiger partial charge in [-0.15, -0.1) is 12.4 Å². The number of carbonyl (C=O) groups is 1. The van der Waals surface area contributed by atoms with Crippen molar-refractivity contribution in [1.29, 1.82) is 0 Å². The van der Waals surface area contributed by atoms with E-state index in [0.717, 1.165) is 18.5 Å². The van der Waals surface area contributed by atoms with E-state index in [-0.39, 0.29) is 30.4 Å². The lowest BCUT2D eigenvalue weighted by Gasteiger charge is -2.18. The number of hydrogen-bond acceptors (Lipinski definition) is 2. The Hall–Kier alpha value is -0.770. The third kappa shape index (κ3) is 6.28. The molecule has 2 N–H and O–H groups in total. The van der Waals surface area contributed by atoms with Gasteiger partial charge in [0, 0.05) is 5.02 Å². The van der Waals surface area contributed by atoms with Crippen molar-refractivity contribution < 1.29 is 4.79 Å². The highest BCUT2D eigenvalue weighted by Gasteiger charge is 2.15. The first kappa shape index (κ1) is 18.2. The first-order chi connectivity index (χ1) is 8.54. The number of rotatable bonds is 6. The van der Waals surface area contributed by atoms with Crippen molar-refractivity contribution in [1.82, 2.24) is 10.6 Å². The van der Waals surface area contributed by atoms with Crippen molar-refractivity contribution in [2.75, 3.05) is 6.54 Å². The Morgan fingerprint density at radius 3 is 2.37 bits per heavy atom. The quantitative estimate of drug-likeness (QED) is 0.846. The molecule has 19 heavy (non-hydrogen) atoms. The summed E-state index contributed by atoms with van der Waals surface area (Å²) in [5.74, 6) is 0.0194. The van der Waals surface area contributed by atoms with E-state index >= 15 is 0 Å². The van der Waals surface area contributed by atoms with E-state index in [2.05, 4.69) is 17.6 Å². The SMILES string of the molecule is CCCNC(C)C(=O)NC(C)c1ccc(Cl)cc1.Cl. The van der Waals surface area contributed by atoms with Crippen LogP contribution in [0.1, 0.15) is 38.8 Å². The molecule has 0 fully saturated rings. The fraction of sp³-hybridized carbons (Fsp3) is 0.500. The second kappa shape index (κ2) is 9.18. The van der Waals surface area contributed by atoms with Gasteiger partial charge in [-0.25, -0.2) is 0 Å². The number of halogens is 2. The maximum atomic E-state index is 11.9. The molecule has 0 spiro atoms. The van der Waals surface area contributed by atoms with E-state index in [4.69, 9.17) is 11.6 Å². The highest BCUT2D eigenvalue weighted by molar-refractivity contribution is 6.30. The molecule has 1 aromatic carbocycles. The molecule has 1 rings (SSSR count). The largest absolute Gasteiger partial charge is 0.348 e. The molecular weight excluding hydrogens is 283 g/mol. The monoisotopic (exact) mass is 304 g/mol. The lowest BCUT2D eigenvalue weighted by Crippen LogP contribution is -2.43. The second-order valence-corrected chi connectivity index (χ2v) is 4.89. The Labute approximate surface area is 126 Å². The van der Waals surface area contributed by atoms with E-state index in [1.165, 1.54) is 0 Å². The van der Waals surface area contributed by atoms with Crippen molar-refractivity contribution in [3.63, 3.8) is 0 Å². The fourth-order valence-corrected chi connectivity index (χ4v) is 1.75. The van der Waals surface area contributed by atoms with Crippen molar-refractivity contribution in [3.8, 4) is 0 Å². The van der Waals surface area contributed by atoms with Gasteiger partial charge < -0.3 is 10.6 Å². The van der Waals surface area contributed by atoms with Crippen LogP contribution in [0.5, 0.6) is 0 Å². The van der Waals surface area contributed by atoms with Crippen LogP contribution in [-0.4, -0.2) is 18.5 Å². The summed E-state index contributed by atoms with van der Waals surface area (Å²) in [6, 6.07) is 7.34. The molecule has 0 saturated carbocycles. The molecule has 0 radical (unpaired) electrons. The topological polar surface area (TPSA) is 41.1 Å². The molecule has 2 atom stereocenters. The van der Waals surface area contributed by atoms with Gasteiger partial charge in [0.2, 0.25) is 5.91 Å². The Kier molecular flexibility index (Phi) is 8.81. The predicted octanol–water partition coefficient (Wildman–Crippen LogP) is 3.33. The van der Waals surface area contributed by atoms with Gasteiger partial charge in [-0.05, 0) is 44.5 Å². The molecule has 0 aliphatic rings. The van der Waals surface area contributed by atoms with Gasteiger partial charge in [0.25, 0.3) is 0 Å². The Morgan fingerprint density at radius 2 is 1.84 bits per heavy atom. The lowest BCUT2D eigenvalue weighted by atomic mass is 10.1. The molecule has 0 saturated heterocycles. The van der Waals surface area contributed by atoms with E-state index in [1.807, 2.05) is 38.1 Å². The fourth-order valence-electron chi connectivity index (χ4n) is 1.63. The van der Waals surface area contributed by atoms with Crippen LogP contribution in [0, 0.1) is 0 Å². The smallest absolute Gasteiger partial charge is 0.237 e. The highest BCUT2D eigenvalue weighted by Crippen LogP contribution is 2.15. The van der Waals surface area contributed by atoms with Crippen LogP contribution in [0.3, 0.4) is 0 Å². The molecule has 0 aliphatic heterocycles. The van der Waals surface area contributed by atoms with Crippen LogP contribution < -0.4 is 10.6 Å². The third-order valence-electron chi connectivity index (χ3n) is 2.82. The Bertz CT molecular complexity index is 382. The van der Waals surface area contributed by atoms with Gasteiger partial charge in [-0.3, -0.25) is 4.79 Å². The Morgan fingerprint density at radius 1 is 1.26 bits per heavy atom. The summed E-state index contributed by atoms with van der Waals surface area (Å²) in [5.41, 5.74) is 1.05. The zero-order valence-corrected chi connectivity index (χ0v) is 13.1. The summed E-state index contributed by atoms with van der Waals surface area (Å²) >= 11 is 5.83. The molecule has 0 aliphatic carbocycles. The summed E-state index contributed by atoms with van der Waals surface area (Å²) < 4.78 is 0. The van der Waals surface area contributed by atoms with Gasteiger partial charge >= 0.3 is 0 Å². The lowest BCUT2D eigenvalue weighted by molar-refractivity contribution is -0.123. The zero-order chi connectivity index (χ0) is 13.5. The van der Waals surface area contributed by atoms with Gasteiger partial charge in [-0.2, -0.15) is 0 Å². The molecule has 0 aromatic heterocycles. The minimum Gasteiger partial charge on any atom is -0.348 e. The second-order valence-electron chi connectivity index (χ2n) is 4.46. The van der Waals surface area contributed by atoms with Gasteiger partial charge in [0.15, 0.2) is 0 Å². The normalized spacial score (nSPS) is 13.3. The molecule has 0 heterocycles. The number of benzene rings is 1. The average Bonchev–Trinajstić information content (AvgIpc) is 2.36. The number of nitrogens with one attached hydrogen (secondary N) is 2. The van der Waals surface area contributed by atoms with Crippen LogP contribution in [-0.2, 0) is 4.79 Å². The first-order valence-corrected chi connectivity index (χ1v) is 6.71. The Balaban J connectivity index is 0.00000324. The van der Waals surface area contributed by atoms with Crippen molar-refractivity contribution in [2.45, 2.75) is 39.3 Å². The maximum absolute atomic E-state index is 11.9. The van der Waals surface area contributed by atoms with E-state index in [0.29, 0.717) is 5.02 Å². The average molecular weight is 305 g/mol. The third-order valence-corrected chi connectivity index (χ3v) is 3.07. The molecule has 2 unspecified atom stereocenters. The van der Waals surface area contributed by atoms with Crippen LogP contribution in [0.25, 0.3) is 0 Å². The molecular formula is C14H22Cl2N2O. The molecule has 5 heteroatoms. The standard InChI is InChI=1S/C14H21ClN2O.ClH/c1-4-9-16-11(3)14(18)17-10(2)12-5-7-13(15)8-6-12;/h5-8,10-11,16H,4,9H2,1-3H3,(H,17,18);1H. The highest BCUT2D eigenvalue weighted by atomic mass is 35.5. The van der Waals surface area contributed by atoms with Crippen LogP contribution in [0.2, 0.25) is 5.02 Å². The van der Waals surface area contributed by atoms with Crippen LogP contribution >= 0.6 is 24.0 Å². The van der Waals surface area contributed by atoms with E-state index < -0.39 is 0 Å². The van der Waals surface area contributed by atoms with E-state index in [9.17, 15) is 4.79 Å². The number of amides is 1. The van der Waals surface area contributed by atoms with Gasteiger partial charge in [0.1, 0.15) is 0 Å². The minimum atomic E-state index is -0.167. The molecule has 3 nitrogen and oxygen atoms in total. The summed E-state index contributed by atoms with van der Waals surface area (Å²) in [6.07, 6.45) is 1.02. The zero-order valence-electron chi connectivity index (χ0n) is 11.6. The molecule has 1 amide bonds. The van der Waals surface area contributed by atoms with Gasteiger partial charge in [0.05, 0.1) is 12.1 Å². The molecule has 108 valence electrons. The van der Waals surface area contributed by atoms with Gasteiger partial charge in [-0.1, -0.05) is 30.7 Å². The minimum absolute atomic E-state index is 0. The summed E-state index contributed by atoms with van der Waals surface area (Å²) in [6.45, 7) is 6.77. The maximum Gasteiger partial charge on any atom is 0.237 e. The summed E-state index contributed by atoms with van der Waals surface area (Å²) in [4.78, 5) is 11.9. The van der Waals surface area contributed by atoms with Crippen molar-refractivity contribution in [2.24, 2.45) is 0 Å². The molecule has 1 aromatic rings. The summed E-state index contributed by atoms with van der Waals surface area (Å²) in [5, 5.41) is 6.85. The molecule has 0 bridgehead atoms. The van der Waals surface area contributed by atoms with Crippen molar-refractivity contribution in [3.05, 3.63) is 34.9 Å². The van der Waals surface area contributed by atoms with Crippen molar-refractivity contribution >= 4 is 29.9 Å².